The van der Waals surface area contributed by atoms with Gasteiger partial charge >= 0.3 is 12.1 Å². The van der Waals surface area contributed by atoms with Crippen molar-refractivity contribution in [2.24, 2.45) is 0 Å². The predicted octanol–water partition coefficient (Wildman–Crippen LogP) is 4.65. The largest absolute Gasteiger partial charge is 0.504 e. The number of hydrogen-bond acceptors (Lipinski definition) is 7. The molecule has 0 unspecified atom stereocenters. The summed E-state index contributed by atoms with van der Waals surface area (Å²) >= 11 is 0. The number of methoxy groups -OCH3 is 1. The monoisotopic (exact) mass is 474 g/mol. The number of benzene rings is 3. The number of aliphatic carboxylic acids is 1. The van der Waals surface area contributed by atoms with Crippen LogP contribution in [0.4, 0.5) is 10.5 Å². The number of nitrogens with zero attached hydrogens (tertiary/aromatic N) is 1. The van der Waals surface area contributed by atoms with Crippen molar-refractivity contribution >= 4 is 17.7 Å². The van der Waals surface area contributed by atoms with Gasteiger partial charge < -0.3 is 24.4 Å². The van der Waals surface area contributed by atoms with E-state index in [-0.39, 0.29) is 11.5 Å². The van der Waals surface area contributed by atoms with E-state index in [0.717, 1.165) is 6.08 Å². The molecule has 0 saturated carbocycles. The van der Waals surface area contributed by atoms with Crippen LogP contribution in [0, 0.1) is 11.3 Å². The molecule has 0 bridgehead atoms. The summed E-state index contributed by atoms with van der Waals surface area (Å²) in [6.07, 6.45) is -0.975. The Bertz CT molecular complexity index is 1230. The molecule has 2 atom stereocenters. The highest BCUT2D eigenvalue weighted by atomic mass is 16.6. The summed E-state index contributed by atoms with van der Waals surface area (Å²) in [6.45, 7) is 0. The second-order valence-corrected chi connectivity index (χ2v) is 7.16. The molecule has 35 heavy (non-hydrogen) atoms. The molecule has 1 amide bonds. The highest BCUT2D eigenvalue weighted by Gasteiger charge is 2.29. The highest BCUT2D eigenvalue weighted by molar-refractivity contribution is 5.85. The minimum absolute atomic E-state index is 0.202. The number of ether oxygens (including phenoxy) is 3. The molecule has 3 aromatic carbocycles. The van der Waals surface area contributed by atoms with Crippen LogP contribution in [0.1, 0.15) is 17.2 Å². The molecule has 0 saturated heterocycles. The molecular weight excluding hydrogens is 452 g/mol. The number of nitrogens with one attached hydrogen (secondary N) is 1. The van der Waals surface area contributed by atoms with Gasteiger partial charge in [0.25, 0.3) is 0 Å². The number of phenols is 1. The van der Waals surface area contributed by atoms with Gasteiger partial charge in [-0.2, -0.15) is 5.26 Å². The number of hydrogen-bond donors (Lipinski definition) is 3. The van der Waals surface area contributed by atoms with Crippen molar-refractivity contribution in [2.75, 3.05) is 12.4 Å². The molecule has 3 rings (SSSR count). The van der Waals surface area contributed by atoms with Crippen LogP contribution in [0.25, 0.3) is 0 Å². The third-order valence-electron chi connectivity index (χ3n) is 4.77. The van der Waals surface area contributed by atoms with Crippen molar-refractivity contribution < 1.29 is 34.0 Å². The second kappa shape index (κ2) is 11.8. The van der Waals surface area contributed by atoms with E-state index in [0.29, 0.717) is 22.6 Å². The Kier molecular flexibility index (Phi) is 8.29. The van der Waals surface area contributed by atoms with Crippen molar-refractivity contribution in [3.8, 4) is 23.3 Å². The first-order valence-electron chi connectivity index (χ1n) is 10.4. The number of nitriles is 1. The van der Waals surface area contributed by atoms with Gasteiger partial charge in [-0.15, -0.1) is 0 Å². The fraction of sp³-hybridized carbons (Fsp3) is 0.115. The van der Waals surface area contributed by atoms with E-state index in [1.54, 1.807) is 36.4 Å². The fourth-order valence-electron chi connectivity index (χ4n) is 3.13. The lowest BCUT2D eigenvalue weighted by molar-refractivity contribution is -0.131. The maximum absolute atomic E-state index is 12.8. The summed E-state index contributed by atoms with van der Waals surface area (Å²) in [6, 6.07) is 21.1. The maximum Gasteiger partial charge on any atom is 0.412 e. The van der Waals surface area contributed by atoms with Crippen molar-refractivity contribution in [3.63, 3.8) is 0 Å². The van der Waals surface area contributed by atoms with Crippen LogP contribution in [0.3, 0.4) is 0 Å². The van der Waals surface area contributed by atoms with Gasteiger partial charge in [0.15, 0.2) is 23.7 Å². The third kappa shape index (κ3) is 7.00. The normalized spacial score (nSPS) is 12.2. The lowest BCUT2D eigenvalue weighted by Crippen LogP contribution is -2.29. The molecule has 0 spiro atoms. The zero-order chi connectivity index (χ0) is 25.2. The molecule has 9 heteroatoms. The van der Waals surface area contributed by atoms with Gasteiger partial charge in [0.1, 0.15) is 5.75 Å². The van der Waals surface area contributed by atoms with Gasteiger partial charge in [0, 0.05) is 17.3 Å². The number of amides is 1. The Morgan fingerprint density at radius 3 is 2.37 bits per heavy atom. The standard InChI is InChI=1S/C26H22N2O7/c1-33-22-12-9-18(15-21(22)29)25(35-26(32)28-19-10-7-17(16-27)8-11-19)23(13-14-24(30)31)34-20-5-3-2-4-6-20/h2-15,23,25,29H,1H3,(H,28,32)(H,30,31)/b14-13+/t23-,25-/m1/s1. The minimum Gasteiger partial charge on any atom is -0.504 e. The van der Waals surface area contributed by atoms with Gasteiger partial charge in [0.05, 0.1) is 18.7 Å². The molecule has 0 aromatic heterocycles. The van der Waals surface area contributed by atoms with E-state index in [1.165, 1.54) is 49.6 Å². The quantitative estimate of drug-likeness (QED) is 0.381. The summed E-state index contributed by atoms with van der Waals surface area (Å²) in [5.41, 5.74) is 1.13. The molecule has 3 N–H and O–H groups in total. The molecule has 0 aliphatic carbocycles. The number of aromatic hydroxyl groups is 1. The minimum atomic E-state index is -1.22. The average molecular weight is 474 g/mol. The van der Waals surface area contributed by atoms with Crippen molar-refractivity contribution in [1.29, 1.82) is 5.26 Å². The average Bonchev–Trinajstić information content (AvgIpc) is 2.86. The summed E-state index contributed by atoms with van der Waals surface area (Å²) in [7, 11) is 1.39. The number of carbonyl (C=O) groups excluding carboxylic acids is 1. The first-order chi connectivity index (χ1) is 16.9. The first-order valence-corrected chi connectivity index (χ1v) is 10.4. The van der Waals surface area contributed by atoms with E-state index in [2.05, 4.69) is 5.32 Å². The number of phenolic OH excluding ortho intramolecular Hbond substituents is 1. The van der Waals surface area contributed by atoms with Gasteiger partial charge in [-0.25, -0.2) is 9.59 Å². The molecule has 3 aromatic rings. The second-order valence-electron chi connectivity index (χ2n) is 7.16. The summed E-state index contributed by atoms with van der Waals surface area (Å²) in [5.74, 6) is -0.806. The highest BCUT2D eigenvalue weighted by Crippen LogP contribution is 2.33. The number of para-hydroxylation sites is 1. The molecule has 9 nitrogen and oxygen atoms in total. The van der Waals surface area contributed by atoms with Crippen LogP contribution in [0.15, 0.2) is 84.9 Å². The Morgan fingerprint density at radius 1 is 1.06 bits per heavy atom. The van der Waals surface area contributed by atoms with E-state index in [1.807, 2.05) is 6.07 Å². The fourth-order valence-corrected chi connectivity index (χ4v) is 3.13. The van der Waals surface area contributed by atoms with E-state index < -0.39 is 24.3 Å². The lowest BCUT2D eigenvalue weighted by atomic mass is 10.0. The van der Waals surface area contributed by atoms with Crippen LogP contribution in [-0.4, -0.2) is 35.5 Å². The summed E-state index contributed by atoms with van der Waals surface area (Å²) in [5, 5.41) is 31.0. The maximum atomic E-state index is 12.8. The number of carboxylic acids is 1. The van der Waals surface area contributed by atoms with Gasteiger partial charge in [-0.1, -0.05) is 24.3 Å². The topological polar surface area (TPSA) is 138 Å². The van der Waals surface area contributed by atoms with Crippen LogP contribution in [0.2, 0.25) is 0 Å². The predicted molar refractivity (Wildman–Crippen MR) is 126 cm³/mol. The van der Waals surface area contributed by atoms with E-state index in [4.69, 9.17) is 19.5 Å². The van der Waals surface area contributed by atoms with Crippen molar-refractivity contribution in [1.82, 2.24) is 0 Å². The zero-order valence-electron chi connectivity index (χ0n) is 18.6. The molecule has 0 fully saturated rings. The Balaban J connectivity index is 1.95. The van der Waals surface area contributed by atoms with Crippen LogP contribution in [0.5, 0.6) is 17.2 Å². The Morgan fingerprint density at radius 2 is 1.77 bits per heavy atom. The number of rotatable bonds is 9. The smallest absolute Gasteiger partial charge is 0.412 e. The van der Waals surface area contributed by atoms with E-state index in [9.17, 15) is 19.8 Å². The first kappa shape index (κ1) is 24.7. The summed E-state index contributed by atoms with van der Waals surface area (Å²) in [4.78, 5) is 24.0. The van der Waals surface area contributed by atoms with E-state index >= 15 is 0 Å². The zero-order valence-corrected chi connectivity index (χ0v) is 18.6. The molecule has 0 heterocycles. The Labute approximate surface area is 201 Å². The van der Waals surface area contributed by atoms with Gasteiger partial charge in [-0.05, 0) is 54.6 Å². The van der Waals surface area contributed by atoms with Crippen LogP contribution >= 0.6 is 0 Å². The molecule has 0 radical (unpaired) electrons. The third-order valence-corrected chi connectivity index (χ3v) is 4.77. The molecule has 0 aliphatic rings. The van der Waals surface area contributed by atoms with Crippen LogP contribution in [-0.2, 0) is 9.53 Å². The van der Waals surface area contributed by atoms with Crippen molar-refractivity contribution in [3.05, 3.63) is 96.1 Å². The Hall–Kier alpha value is -4.97. The van der Waals surface area contributed by atoms with Crippen molar-refractivity contribution in [2.45, 2.75) is 12.2 Å². The number of anilines is 1. The van der Waals surface area contributed by atoms with Gasteiger partial charge in [-0.3, -0.25) is 5.32 Å². The van der Waals surface area contributed by atoms with Gasteiger partial charge in [0.2, 0.25) is 0 Å². The number of carbonyl (C=O) groups is 2. The lowest BCUT2D eigenvalue weighted by Gasteiger charge is -2.26. The molecule has 0 aliphatic heterocycles. The molecule has 178 valence electrons. The molecular formula is C26H22N2O7. The number of carboxylic acid groups (broad SMARTS) is 1. The summed E-state index contributed by atoms with van der Waals surface area (Å²) < 4.78 is 16.7. The van der Waals surface area contributed by atoms with Crippen LogP contribution < -0.4 is 14.8 Å². The SMILES string of the molecule is COc1ccc([C@@H](OC(=O)Nc2ccc(C#N)cc2)[C@@H](/C=C/C(=O)O)Oc2ccccc2)cc1O.